The van der Waals surface area contributed by atoms with Gasteiger partial charge in [0.25, 0.3) is 0 Å². The Morgan fingerprint density at radius 3 is 2.36 bits per heavy atom. The molecule has 1 aromatic rings. The minimum atomic E-state index is -0.592. The molecule has 0 aromatic heterocycles. The largest absolute Gasteiger partial charge is 0.460 e. The minimum Gasteiger partial charge on any atom is -0.460 e. The lowest BCUT2D eigenvalue weighted by Gasteiger charge is -2.26. The molecule has 0 spiro atoms. The van der Waals surface area contributed by atoms with Crippen molar-refractivity contribution in [2.24, 2.45) is 5.92 Å². The highest BCUT2D eigenvalue weighted by Gasteiger charge is 2.29. The summed E-state index contributed by atoms with van der Waals surface area (Å²) in [5, 5.41) is 0. The van der Waals surface area contributed by atoms with E-state index < -0.39 is 11.7 Å². The highest BCUT2D eigenvalue weighted by Crippen LogP contribution is 2.30. The monoisotopic (exact) mass is 346 g/mol. The van der Waals surface area contributed by atoms with Gasteiger partial charge in [0.2, 0.25) is 0 Å². The second-order valence-corrected chi connectivity index (χ2v) is 7.91. The molecule has 4 nitrogen and oxygen atoms in total. The van der Waals surface area contributed by atoms with Crippen molar-refractivity contribution in [1.82, 2.24) is 0 Å². The molecule has 0 amide bonds. The van der Waals surface area contributed by atoms with Gasteiger partial charge in [-0.2, -0.15) is 0 Å². The van der Waals surface area contributed by atoms with E-state index in [-0.39, 0.29) is 24.3 Å². The van der Waals surface area contributed by atoms with Crippen molar-refractivity contribution < 1.29 is 19.1 Å². The number of carbonyl (C=O) groups is 2. The summed E-state index contributed by atoms with van der Waals surface area (Å²) in [5.41, 5.74) is 1.32. The third kappa shape index (κ3) is 6.18. The molecule has 25 heavy (non-hydrogen) atoms. The number of aryl methyl sites for hydroxylation is 1. The van der Waals surface area contributed by atoms with Crippen molar-refractivity contribution in [1.29, 1.82) is 0 Å². The normalized spacial score (nSPS) is 17.0. The Hall–Kier alpha value is -1.84. The van der Waals surface area contributed by atoms with Gasteiger partial charge in [0.1, 0.15) is 11.7 Å². The van der Waals surface area contributed by atoms with Gasteiger partial charge in [-0.25, -0.2) is 0 Å². The standard InChI is InChI=1S/C21H30O4/c1-15-10-8-9-13-17(15)18(14-19(22)25-21(2,3)4)24-20(23)16-11-6-5-7-12-16/h8-10,13,16,18H,5-7,11-12,14H2,1-4H3/t18-/m1/s1. The summed E-state index contributed by atoms with van der Waals surface area (Å²) in [5.74, 6) is -0.576. The first-order chi connectivity index (χ1) is 11.8. The van der Waals surface area contributed by atoms with E-state index in [2.05, 4.69) is 0 Å². The minimum absolute atomic E-state index is 0.0422. The summed E-state index contributed by atoms with van der Waals surface area (Å²) in [6, 6.07) is 7.72. The number of rotatable bonds is 5. The topological polar surface area (TPSA) is 52.6 Å². The zero-order valence-electron chi connectivity index (χ0n) is 15.8. The third-order valence-corrected chi connectivity index (χ3v) is 4.50. The van der Waals surface area contributed by atoms with Crippen molar-refractivity contribution in [2.45, 2.75) is 77.9 Å². The Bertz CT molecular complexity index is 594. The molecule has 2 rings (SSSR count). The Balaban J connectivity index is 2.13. The Kier molecular flexibility index (Phi) is 6.63. The molecular formula is C21H30O4. The predicted octanol–water partition coefficient (Wildman–Crippen LogP) is 4.89. The maximum atomic E-state index is 12.6. The smallest absolute Gasteiger partial charge is 0.310 e. The van der Waals surface area contributed by atoms with Crippen LogP contribution in [0.2, 0.25) is 0 Å². The van der Waals surface area contributed by atoms with Crippen molar-refractivity contribution in [3.63, 3.8) is 0 Å². The molecule has 0 saturated heterocycles. The van der Waals surface area contributed by atoms with E-state index in [1.54, 1.807) is 0 Å². The molecule has 1 aliphatic rings. The fraction of sp³-hybridized carbons (Fsp3) is 0.619. The first-order valence-electron chi connectivity index (χ1n) is 9.24. The number of ether oxygens (including phenoxy) is 2. The van der Waals surface area contributed by atoms with E-state index in [1.807, 2.05) is 52.0 Å². The van der Waals surface area contributed by atoms with Gasteiger partial charge in [0, 0.05) is 0 Å². The molecule has 4 heteroatoms. The first kappa shape index (κ1) is 19.5. The molecule has 1 aliphatic carbocycles. The van der Waals surface area contributed by atoms with Crippen LogP contribution in [0.15, 0.2) is 24.3 Å². The average molecular weight is 346 g/mol. The van der Waals surface area contributed by atoms with Crippen LogP contribution in [0.4, 0.5) is 0 Å². The molecule has 1 fully saturated rings. The highest BCUT2D eigenvalue weighted by molar-refractivity contribution is 5.75. The van der Waals surface area contributed by atoms with Crippen LogP contribution in [0, 0.1) is 12.8 Å². The lowest BCUT2D eigenvalue weighted by atomic mass is 9.89. The summed E-state index contributed by atoms with van der Waals surface area (Å²) < 4.78 is 11.2. The summed E-state index contributed by atoms with van der Waals surface area (Å²) in [7, 11) is 0. The van der Waals surface area contributed by atoms with E-state index in [9.17, 15) is 9.59 Å². The fourth-order valence-electron chi connectivity index (χ4n) is 3.27. The number of benzene rings is 1. The van der Waals surface area contributed by atoms with E-state index in [4.69, 9.17) is 9.47 Å². The van der Waals surface area contributed by atoms with Crippen molar-refractivity contribution in [2.75, 3.05) is 0 Å². The molecular weight excluding hydrogens is 316 g/mol. The van der Waals surface area contributed by atoms with Crippen LogP contribution in [0.1, 0.15) is 76.5 Å². The molecule has 0 aliphatic heterocycles. The van der Waals surface area contributed by atoms with Gasteiger partial charge in [-0.15, -0.1) is 0 Å². The lowest BCUT2D eigenvalue weighted by molar-refractivity contribution is -0.164. The molecule has 0 N–H and O–H groups in total. The summed E-state index contributed by atoms with van der Waals surface area (Å²) in [4.78, 5) is 24.9. The average Bonchev–Trinajstić information content (AvgIpc) is 2.53. The van der Waals surface area contributed by atoms with Crippen molar-refractivity contribution in [3.05, 3.63) is 35.4 Å². The Morgan fingerprint density at radius 2 is 1.76 bits per heavy atom. The second-order valence-electron chi connectivity index (χ2n) is 7.91. The number of esters is 2. The van der Waals surface area contributed by atoms with Crippen LogP contribution < -0.4 is 0 Å². The van der Waals surface area contributed by atoms with Gasteiger partial charge >= 0.3 is 11.9 Å². The van der Waals surface area contributed by atoms with E-state index >= 15 is 0 Å². The maximum Gasteiger partial charge on any atom is 0.310 e. The third-order valence-electron chi connectivity index (χ3n) is 4.50. The Labute approximate surface area is 150 Å². The zero-order chi connectivity index (χ0) is 18.4. The van der Waals surface area contributed by atoms with E-state index in [0.717, 1.165) is 36.8 Å². The lowest BCUT2D eigenvalue weighted by Crippen LogP contribution is -2.28. The first-order valence-corrected chi connectivity index (χ1v) is 9.24. The number of hydrogen-bond donors (Lipinski definition) is 0. The van der Waals surface area contributed by atoms with Gasteiger partial charge < -0.3 is 9.47 Å². The summed E-state index contributed by atoms with van der Waals surface area (Å²) in [6.07, 6.45) is 4.54. The van der Waals surface area contributed by atoms with Crippen LogP contribution >= 0.6 is 0 Å². The van der Waals surface area contributed by atoms with Crippen molar-refractivity contribution in [3.8, 4) is 0 Å². The van der Waals surface area contributed by atoms with Crippen LogP contribution in [-0.4, -0.2) is 17.5 Å². The predicted molar refractivity (Wildman–Crippen MR) is 97.0 cm³/mol. The molecule has 0 bridgehead atoms. The van der Waals surface area contributed by atoms with Gasteiger partial charge in [0.05, 0.1) is 12.3 Å². The summed E-state index contributed by atoms with van der Waals surface area (Å²) >= 11 is 0. The molecule has 0 heterocycles. The van der Waals surface area contributed by atoms with Crippen molar-refractivity contribution >= 4 is 11.9 Å². The SMILES string of the molecule is Cc1ccccc1[C@@H](CC(=O)OC(C)(C)C)OC(=O)C1CCCCC1. The molecule has 0 unspecified atom stereocenters. The quantitative estimate of drug-likeness (QED) is 0.712. The highest BCUT2D eigenvalue weighted by atomic mass is 16.6. The van der Waals surface area contributed by atoms with Gasteiger partial charge in [-0.1, -0.05) is 43.5 Å². The molecule has 1 aromatic carbocycles. The maximum absolute atomic E-state index is 12.6. The van der Waals surface area contributed by atoms with Gasteiger partial charge in [-0.3, -0.25) is 9.59 Å². The van der Waals surface area contributed by atoms with Crippen LogP contribution in [-0.2, 0) is 19.1 Å². The van der Waals surface area contributed by atoms with Gasteiger partial charge in [0.15, 0.2) is 0 Å². The second kappa shape index (κ2) is 8.50. The van der Waals surface area contributed by atoms with Crippen LogP contribution in [0.25, 0.3) is 0 Å². The van der Waals surface area contributed by atoms with E-state index in [0.29, 0.717) is 0 Å². The van der Waals surface area contributed by atoms with Crippen LogP contribution in [0.5, 0.6) is 0 Å². The Morgan fingerprint density at radius 1 is 1.12 bits per heavy atom. The van der Waals surface area contributed by atoms with Gasteiger partial charge in [-0.05, 0) is 51.7 Å². The molecule has 1 atom stereocenters. The van der Waals surface area contributed by atoms with E-state index in [1.165, 1.54) is 6.42 Å². The summed E-state index contributed by atoms with van der Waals surface area (Å²) in [6.45, 7) is 7.47. The number of hydrogen-bond acceptors (Lipinski definition) is 4. The molecule has 1 saturated carbocycles. The van der Waals surface area contributed by atoms with Crippen LogP contribution in [0.3, 0.4) is 0 Å². The molecule has 138 valence electrons. The molecule has 0 radical (unpaired) electrons. The number of carbonyl (C=O) groups excluding carboxylic acids is 2. The zero-order valence-corrected chi connectivity index (χ0v) is 15.8. The fourth-order valence-corrected chi connectivity index (χ4v) is 3.27.